The Bertz CT molecular complexity index is 951. The highest BCUT2D eigenvalue weighted by atomic mass is 19.1. The Balaban J connectivity index is 1.70. The second kappa shape index (κ2) is 8.25. The molecule has 0 saturated carbocycles. The molecule has 2 heterocycles. The van der Waals surface area contributed by atoms with Crippen LogP contribution < -0.4 is 11.1 Å². The van der Waals surface area contributed by atoms with Gasteiger partial charge in [0.15, 0.2) is 0 Å². The van der Waals surface area contributed by atoms with E-state index in [1.54, 1.807) is 18.3 Å². The Labute approximate surface area is 164 Å². The molecule has 0 saturated heterocycles. The lowest BCUT2D eigenvalue weighted by Gasteiger charge is -2.16. The lowest BCUT2D eigenvalue weighted by Crippen LogP contribution is -2.16. The van der Waals surface area contributed by atoms with E-state index in [0.717, 1.165) is 22.5 Å². The van der Waals surface area contributed by atoms with E-state index in [9.17, 15) is 4.39 Å². The van der Waals surface area contributed by atoms with E-state index in [0.29, 0.717) is 23.5 Å². The van der Waals surface area contributed by atoms with Crippen LogP contribution in [0.4, 0.5) is 10.2 Å². The minimum absolute atomic E-state index is 0.0271. The van der Waals surface area contributed by atoms with Crippen LogP contribution in [0.25, 0.3) is 5.57 Å². The van der Waals surface area contributed by atoms with Crippen LogP contribution >= 0.6 is 0 Å². The number of hydrogen-bond donors (Lipinski definition) is 2. The molecule has 0 bridgehead atoms. The van der Waals surface area contributed by atoms with Crippen LogP contribution in [0.2, 0.25) is 0 Å². The maximum atomic E-state index is 14.7. The Morgan fingerprint density at radius 1 is 1.39 bits per heavy atom. The van der Waals surface area contributed by atoms with Crippen molar-refractivity contribution in [2.24, 2.45) is 5.16 Å². The Morgan fingerprint density at radius 2 is 2.18 bits per heavy atom. The van der Waals surface area contributed by atoms with E-state index in [1.165, 1.54) is 0 Å². The van der Waals surface area contributed by atoms with E-state index >= 15 is 0 Å². The van der Waals surface area contributed by atoms with Crippen molar-refractivity contribution in [2.45, 2.75) is 39.3 Å². The Kier molecular flexibility index (Phi) is 5.78. The first-order valence-corrected chi connectivity index (χ1v) is 9.17. The number of nitrogens with one attached hydrogen (secondary N) is 1. The molecule has 3 N–H and O–H groups in total. The normalized spacial score (nSPS) is 19.1. The van der Waals surface area contributed by atoms with Gasteiger partial charge in [-0.2, -0.15) is 0 Å². The number of allylic oxidation sites excluding steroid dienone is 3. The van der Waals surface area contributed by atoms with Gasteiger partial charge in [-0.1, -0.05) is 29.9 Å². The first kappa shape index (κ1) is 19.6. The molecule has 1 aromatic heterocycles. The van der Waals surface area contributed by atoms with Gasteiger partial charge in [-0.25, -0.2) is 9.37 Å². The SMILES string of the molecule is C=C(/C=C(/C)NCc1cccnc1N)c1ccc(C2C(C)=NOC2C)cc1F. The van der Waals surface area contributed by atoms with E-state index in [-0.39, 0.29) is 17.8 Å². The fourth-order valence-corrected chi connectivity index (χ4v) is 3.35. The molecule has 0 amide bonds. The minimum atomic E-state index is -0.310. The van der Waals surface area contributed by atoms with Gasteiger partial charge in [0.05, 0.1) is 11.6 Å². The maximum absolute atomic E-state index is 14.7. The third-order valence-electron chi connectivity index (χ3n) is 4.86. The van der Waals surface area contributed by atoms with Crippen molar-refractivity contribution in [2.75, 3.05) is 5.73 Å². The van der Waals surface area contributed by atoms with E-state index in [4.69, 9.17) is 10.6 Å². The van der Waals surface area contributed by atoms with Gasteiger partial charge in [0.25, 0.3) is 0 Å². The number of halogens is 1. The molecule has 2 unspecified atom stereocenters. The fraction of sp³-hybridized carbons (Fsp3) is 0.273. The van der Waals surface area contributed by atoms with Crippen LogP contribution in [-0.2, 0) is 11.4 Å². The van der Waals surface area contributed by atoms with Gasteiger partial charge >= 0.3 is 0 Å². The number of anilines is 1. The quantitative estimate of drug-likeness (QED) is 0.729. The molecule has 0 aliphatic carbocycles. The summed E-state index contributed by atoms with van der Waals surface area (Å²) in [5, 5.41) is 7.25. The van der Waals surface area contributed by atoms with Gasteiger partial charge in [0.2, 0.25) is 0 Å². The first-order valence-electron chi connectivity index (χ1n) is 9.17. The third kappa shape index (κ3) is 4.22. The highest BCUT2D eigenvalue weighted by molar-refractivity contribution is 5.90. The van der Waals surface area contributed by atoms with E-state index < -0.39 is 0 Å². The highest BCUT2D eigenvalue weighted by Crippen LogP contribution is 2.31. The van der Waals surface area contributed by atoms with Crippen LogP contribution in [0.3, 0.4) is 0 Å². The Hall–Kier alpha value is -3.15. The molecule has 2 aromatic rings. The number of nitrogens with zero attached hydrogens (tertiary/aromatic N) is 2. The predicted octanol–water partition coefficient (Wildman–Crippen LogP) is 4.39. The monoisotopic (exact) mass is 380 g/mol. The molecule has 1 aromatic carbocycles. The third-order valence-corrected chi connectivity index (χ3v) is 4.86. The molecule has 5 nitrogen and oxygen atoms in total. The minimum Gasteiger partial charge on any atom is -0.392 e. The highest BCUT2D eigenvalue weighted by Gasteiger charge is 2.30. The summed E-state index contributed by atoms with van der Waals surface area (Å²) in [6, 6.07) is 8.96. The molecular formula is C22H25FN4O. The summed E-state index contributed by atoms with van der Waals surface area (Å²) >= 11 is 0. The van der Waals surface area contributed by atoms with Crippen molar-refractivity contribution in [1.82, 2.24) is 10.3 Å². The van der Waals surface area contributed by atoms with Crippen molar-refractivity contribution in [3.8, 4) is 0 Å². The molecule has 6 heteroatoms. The molecule has 2 atom stereocenters. The summed E-state index contributed by atoms with van der Waals surface area (Å²) in [5.74, 6) is 0.155. The molecule has 1 aliphatic heterocycles. The van der Waals surface area contributed by atoms with Crippen LogP contribution in [0, 0.1) is 5.82 Å². The van der Waals surface area contributed by atoms with Gasteiger partial charge in [-0.05, 0) is 50.1 Å². The average molecular weight is 380 g/mol. The number of oxime groups is 1. The van der Waals surface area contributed by atoms with Gasteiger partial charge in [0, 0.05) is 29.6 Å². The molecule has 1 aliphatic rings. The van der Waals surface area contributed by atoms with Gasteiger partial charge in [-0.15, -0.1) is 0 Å². The molecule has 3 rings (SSSR count). The molecule has 0 spiro atoms. The second-order valence-corrected chi connectivity index (χ2v) is 7.01. The number of nitrogen functional groups attached to an aromatic ring is 1. The topological polar surface area (TPSA) is 72.5 Å². The molecule has 0 fully saturated rings. The Morgan fingerprint density at radius 3 is 2.82 bits per heavy atom. The molecule has 146 valence electrons. The molecular weight excluding hydrogens is 355 g/mol. The van der Waals surface area contributed by atoms with Crippen LogP contribution in [-0.4, -0.2) is 16.8 Å². The summed E-state index contributed by atoms with van der Waals surface area (Å²) in [4.78, 5) is 9.35. The standard InChI is InChI=1S/C22H25FN4O/c1-13(10-14(2)26-12-18-6-5-9-25-22(18)24)19-8-7-17(11-20(19)23)21-15(3)27-28-16(21)4/h5-11,16,21,26H,1,12H2,2-4H3,(H2,24,25)/b14-10-. The van der Waals surface area contributed by atoms with Crippen molar-refractivity contribution >= 4 is 17.1 Å². The number of hydrogen-bond acceptors (Lipinski definition) is 5. The number of aromatic nitrogens is 1. The summed E-state index contributed by atoms with van der Waals surface area (Å²) in [5.41, 5.74) is 10.4. The molecule has 28 heavy (non-hydrogen) atoms. The largest absolute Gasteiger partial charge is 0.392 e. The van der Waals surface area contributed by atoms with E-state index in [1.807, 2.05) is 45.0 Å². The van der Waals surface area contributed by atoms with E-state index in [2.05, 4.69) is 22.0 Å². The summed E-state index contributed by atoms with van der Waals surface area (Å²) < 4.78 is 14.7. The second-order valence-electron chi connectivity index (χ2n) is 7.01. The zero-order valence-electron chi connectivity index (χ0n) is 16.4. The fourth-order valence-electron chi connectivity index (χ4n) is 3.35. The lowest BCUT2D eigenvalue weighted by atomic mass is 9.89. The molecule has 0 radical (unpaired) electrons. The first-order chi connectivity index (χ1) is 13.4. The summed E-state index contributed by atoms with van der Waals surface area (Å²) in [6.07, 6.45) is 3.37. The van der Waals surface area contributed by atoms with Crippen molar-refractivity contribution in [3.05, 3.63) is 77.4 Å². The number of rotatable bonds is 6. The average Bonchev–Trinajstić information content (AvgIpc) is 2.99. The van der Waals surface area contributed by atoms with Crippen LogP contribution in [0.15, 0.2) is 60.0 Å². The van der Waals surface area contributed by atoms with Gasteiger partial charge in [-0.3, -0.25) is 0 Å². The zero-order valence-corrected chi connectivity index (χ0v) is 16.4. The number of pyridine rings is 1. The van der Waals surface area contributed by atoms with Gasteiger partial charge in [0.1, 0.15) is 17.7 Å². The lowest BCUT2D eigenvalue weighted by molar-refractivity contribution is 0.0904. The van der Waals surface area contributed by atoms with Crippen molar-refractivity contribution in [3.63, 3.8) is 0 Å². The number of nitrogens with two attached hydrogens (primary N) is 1. The maximum Gasteiger partial charge on any atom is 0.136 e. The zero-order chi connectivity index (χ0) is 20.3. The predicted molar refractivity (Wildman–Crippen MR) is 111 cm³/mol. The number of benzene rings is 1. The smallest absolute Gasteiger partial charge is 0.136 e. The van der Waals surface area contributed by atoms with Crippen molar-refractivity contribution < 1.29 is 9.23 Å². The van der Waals surface area contributed by atoms with Crippen LogP contribution in [0.5, 0.6) is 0 Å². The summed E-state index contributed by atoms with van der Waals surface area (Å²) in [6.45, 7) is 10.3. The van der Waals surface area contributed by atoms with Crippen LogP contribution in [0.1, 0.15) is 43.4 Å². The summed E-state index contributed by atoms with van der Waals surface area (Å²) in [7, 11) is 0. The van der Waals surface area contributed by atoms with Gasteiger partial charge < -0.3 is 15.9 Å². The van der Waals surface area contributed by atoms with Crippen molar-refractivity contribution in [1.29, 1.82) is 0 Å².